The van der Waals surface area contributed by atoms with Crippen molar-refractivity contribution in [1.82, 2.24) is 14.6 Å². The molecule has 1 aromatic rings. The van der Waals surface area contributed by atoms with Crippen LogP contribution in [-0.2, 0) is 35.8 Å². The number of carbonyl (C=O) groups excluding carboxylic acids is 3. The number of rotatable bonds is 5. The Morgan fingerprint density at radius 1 is 1.58 bits per heavy atom. The van der Waals surface area contributed by atoms with E-state index in [2.05, 4.69) is 15.0 Å². The van der Waals surface area contributed by atoms with Crippen molar-refractivity contribution in [2.45, 2.75) is 18.5 Å². The number of hydrogen-bond acceptors (Lipinski definition) is 9. The van der Waals surface area contributed by atoms with Crippen LogP contribution in [0, 0.1) is 0 Å². The molecule has 24 heavy (non-hydrogen) atoms. The Labute approximate surface area is 164 Å². The van der Waals surface area contributed by atoms with E-state index in [9.17, 15) is 22.8 Å². The monoisotopic (exact) mass is 388 g/mol. The number of hydrogen-bond donors (Lipinski definition) is 3. The molecule has 1 saturated heterocycles. The average Bonchev–Trinajstić information content (AvgIpc) is 2.84. The van der Waals surface area contributed by atoms with E-state index in [1.54, 1.807) is 5.38 Å². The third-order valence-corrected chi connectivity index (χ3v) is 4.60. The number of ether oxygens (including phenoxy) is 1. The van der Waals surface area contributed by atoms with Gasteiger partial charge in [-0.25, -0.2) is 9.78 Å². The summed E-state index contributed by atoms with van der Waals surface area (Å²) >= 11 is 1.12. The summed E-state index contributed by atoms with van der Waals surface area (Å²) in [5.74, 6) is -2.91. The van der Waals surface area contributed by atoms with Gasteiger partial charge in [0.1, 0.15) is 6.04 Å². The van der Waals surface area contributed by atoms with Gasteiger partial charge in [-0.15, -0.1) is 11.3 Å². The molecule has 1 aromatic heterocycles. The number of thiazole rings is 1. The predicted octanol–water partition coefficient (Wildman–Crippen LogP) is -4.94. The number of amides is 2. The van der Waals surface area contributed by atoms with Crippen LogP contribution in [0.15, 0.2) is 5.38 Å². The summed E-state index contributed by atoms with van der Waals surface area (Å²) in [7, 11) is -3.96. The number of nitrogens with two attached hydrogens (primary N) is 1. The van der Waals surface area contributed by atoms with Crippen LogP contribution < -0.4 is 40.6 Å². The number of nitrogen functional groups attached to an aromatic ring is 1. The summed E-state index contributed by atoms with van der Waals surface area (Å²) in [5, 5.41) is 4.01. The van der Waals surface area contributed by atoms with Gasteiger partial charge in [0.05, 0.1) is 19.2 Å². The van der Waals surface area contributed by atoms with Crippen molar-refractivity contribution in [1.29, 1.82) is 0 Å². The van der Waals surface area contributed by atoms with E-state index in [1.165, 1.54) is 0 Å². The summed E-state index contributed by atoms with van der Waals surface area (Å²) in [4.78, 5) is 39.1. The SMILES string of the molecule is COC(=O)C1C(NC(=O)Cc2csc(N)n2)C(=O)N1S(=O)(=O)O.[H-].[Na+]. The Kier molecular flexibility index (Phi) is 6.72. The maximum absolute atomic E-state index is 11.9. The normalized spacial score (nSPS) is 19.9. The van der Waals surface area contributed by atoms with Gasteiger partial charge < -0.3 is 17.2 Å². The Balaban J connectivity index is 0.00000288. The maximum Gasteiger partial charge on any atom is 1.00 e. The molecule has 0 radical (unpaired) electrons. The van der Waals surface area contributed by atoms with Gasteiger partial charge in [-0.1, -0.05) is 0 Å². The van der Waals surface area contributed by atoms with Crippen LogP contribution >= 0.6 is 11.3 Å². The first-order valence-corrected chi connectivity index (χ1v) is 8.30. The van der Waals surface area contributed by atoms with Crippen molar-refractivity contribution in [3.8, 4) is 0 Å². The molecular formula is C10H13N4NaO7S2. The molecular weight excluding hydrogens is 375 g/mol. The number of β-lactam (4-membered cyclic amide) rings is 1. The Hall–Kier alpha value is -1.25. The molecule has 2 atom stereocenters. The fourth-order valence-electron chi connectivity index (χ4n) is 2.01. The zero-order valence-corrected chi connectivity index (χ0v) is 16.3. The first-order chi connectivity index (χ1) is 10.6. The number of nitrogens with one attached hydrogen (secondary N) is 1. The van der Waals surface area contributed by atoms with E-state index in [-0.39, 0.29) is 46.8 Å². The van der Waals surface area contributed by atoms with Gasteiger partial charge in [0.15, 0.2) is 11.2 Å². The van der Waals surface area contributed by atoms with Gasteiger partial charge >= 0.3 is 45.8 Å². The minimum Gasteiger partial charge on any atom is -1.00 e. The third-order valence-electron chi connectivity index (χ3n) is 2.97. The number of esters is 1. The van der Waals surface area contributed by atoms with Crippen LogP contribution in [0.3, 0.4) is 0 Å². The van der Waals surface area contributed by atoms with Crippen LogP contribution in [0.5, 0.6) is 0 Å². The summed E-state index contributed by atoms with van der Waals surface area (Å²) in [6, 6.07) is -3.11. The predicted molar refractivity (Wildman–Crippen MR) is 77.5 cm³/mol. The second-order valence-electron chi connectivity index (χ2n) is 4.48. The first-order valence-electron chi connectivity index (χ1n) is 6.03. The van der Waals surface area contributed by atoms with Crippen molar-refractivity contribution in [2.75, 3.05) is 12.8 Å². The second-order valence-corrected chi connectivity index (χ2v) is 6.66. The number of anilines is 1. The van der Waals surface area contributed by atoms with Crippen LogP contribution in [-0.4, -0.2) is 59.2 Å². The molecule has 1 fully saturated rings. The number of nitrogens with zero attached hydrogens (tertiary/aromatic N) is 2. The van der Waals surface area contributed by atoms with E-state index >= 15 is 0 Å². The molecule has 0 spiro atoms. The van der Waals surface area contributed by atoms with Crippen molar-refractivity contribution in [3.05, 3.63) is 11.1 Å². The smallest absolute Gasteiger partial charge is 1.00 e. The van der Waals surface area contributed by atoms with E-state index in [0.29, 0.717) is 5.69 Å². The summed E-state index contributed by atoms with van der Waals surface area (Å²) < 4.78 is 35.5. The molecule has 1 aliphatic heterocycles. The van der Waals surface area contributed by atoms with Gasteiger partial charge in [0.2, 0.25) is 5.91 Å². The molecule has 4 N–H and O–H groups in total. The van der Waals surface area contributed by atoms with E-state index < -0.39 is 40.2 Å². The molecule has 2 amide bonds. The molecule has 2 rings (SSSR count). The fraction of sp³-hybridized carbons (Fsp3) is 0.400. The molecule has 0 saturated carbocycles. The summed E-state index contributed by atoms with van der Waals surface area (Å²) in [6.45, 7) is 0. The van der Waals surface area contributed by atoms with Crippen LogP contribution in [0.25, 0.3) is 0 Å². The molecule has 0 bridgehead atoms. The van der Waals surface area contributed by atoms with E-state index in [4.69, 9.17) is 10.3 Å². The summed E-state index contributed by atoms with van der Waals surface area (Å²) in [6.07, 6.45) is -0.211. The molecule has 0 aromatic carbocycles. The van der Waals surface area contributed by atoms with Gasteiger partial charge in [-0.05, 0) is 0 Å². The van der Waals surface area contributed by atoms with Crippen LogP contribution in [0.4, 0.5) is 5.13 Å². The Bertz CT molecular complexity index is 771. The zero-order valence-electron chi connectivity index (χ0n) is 13.6. The van der Waals surface area contributed by atoms with E-state index in [1.807, 2.05) is 0 Å². The third kappa shape index (κ3) is 4.23. The second kappa shape index (κ2) is 7.76. The first kappa shape index (κ1) is 20.8. The van der Waals surface area contributed by atoms with Gasteiger partial charge in [0, 0.05) is 5.38 Å². The van der Waals surface area contributed by atoms with Crippen LogP contribution in [0.2, 0.25) is 0 Å². The molecule has 0 aliphatic carbocycles. The molecule has 128 valence electrons. The van der Waals surface area contributed by atoms with Crippen molar-refractivity contribution < 1.29 is 63.1 Å². The Morgan fingerprint density at radius 2 is 2.21 bits per heavy atom. The average molecular weight is 388 g/mol. The van der Waals surface area contributed by atoms with Crippen LogP contribution in [0.1, 0.15) is 7.12 Å². The molecule has 11 nitrogen and oxygen atoms in total. The molecule has 2 unspecified atom stereocenters. The number of aromatic nitrogens is 1. The maximum atomic E-state index is 11.9. The van der Waals surface area contributed by atoms with Crippen molar-refractivity contribution in [2.24, 2.45) is 0 Å². The largest absolute Gasteiger partial charge is 1.00 e. The van der Waals surface area contributed by atoms with Crippen molar-refractivity contribution >= 4 is 44.6 Å². The van der Waals surface area contributed by atoms with E-state index in [0.717, 1.165) is 18.4 Å². The molecule has 1 aliphatic rings. The van der Waals surface area contributed by atoms with Gasteiger partial charge in [-0.3, -0.25) is 14.1 Å². The zero-order chi connectivity index (χ0) is 17.4. The molecule has 2 heterocycles. The van der Waals surface area contributed by atoms with Gasteiger partial charge in [-0.2, -0.15) is 12.7 Å². The summed E-state index contributed by atoms with van der Waals surface area (Å²) in [5.41, 5.74) is 5.78. The quantitative estimate of drug-likeness (QED) is 0.194. The van der Waals surface area contributed by atoms with Gasteiger partial charge in [0.25, 0.3) is 5.91 Å². The molecule has 14 heteroatoms. The standard InChI is InChI=1S/C10H12N4O7S2.Na.H/c1-21-9(17)7-6(8(16)14(7)23(18,19)20)13-5(15)2-4-3-22-10(11)12-4;;/h3,6-7H,2H2,1H3,(H2,11,12)(H,13,15)(H,18,19,20);;/q;+1;-1. The topological polar surface area (TPSA) is 169 Å². The number of carbonyl (C=O) groups is 3. The minimum absolute atomic E-state index is 0. The minimum atomic E-state index is -4.94. The Morgan fingerprint density at radius 3 is 2.67 bits per heavy atom. The van der Waals surface area contributed by atoms with Crippen molar-refractivity contribution in [3.63, 3.8) is 0 Å². The number of methoxy groups -OCH3 is 1. The fourth-order valence-corrected chi connectivity index (χ4v) is 3.40.